The maximum atomic E-state index is 11.3. The number of benzene rings is 2. The van der Waals surface area contributed by atoms with E-state index in [9.17, 15) is 13.0 Å². The third-order valence-electron chi connectivity index (χ3n) is 4.61. The Morgan fingerprint density at radius 1 is 1.10 bits per heavy atom. The Morgan fingerprint density at radius 3 is 2.43 bits per heavy atom. The Kier molecular flexibility index (Phi) is 5.25. The molecule has 0 spiro atoms. The van der Waals surface area contributed by atoms with Crippen LogP contribution in [-0.2, 0) is 17.2 Å². The average Bonchev–Trinajstić information content (AvgIpc) is 3.03. The summed E-state index contributed by atoms with van der Waals surface area (Å²) in [5.74, 6) is 0. The molecule has 0 amide bonds. The molecule has 4 rings (SSSR count). The van der Waals surface area contributed by atoms with Gasteiger partial charge in [-0.15, -0.1) is 0 Å². The van der Waals surface area contributed by atoms with E-state index in [0.29, 0.717) is 33.0 Å². The van der Waals surface area contributed by atoms with Crippen molar-refractivity contribution in [2.45, 2.75) is 10.9 Å². The predicted octanol–water partition coefficient (Wildman–Crippen LogP) is 3.63. The molecule has 2 heterocycles. The lowest BCUT2D eigenvalue weighted by atomic mass is 9.99. The molecule has 11 heteroatoms. The summed E-state index contributed by atoms with van der Waals surface area (Å²) in [6.07, 6.45) is 0. The summed E-state index contributed by atoms with van der Waals surface area (Å²) >= 11 is 12.3. The van der Waals surface area contributed by atoms with Crippen LogP contribution in [0.2, 0.25) is 10.3 Å². The van der Waals surface area contributed by atoms with Gasteiger partial charge in [0.15, 0.2) is 5.65 Å². The van der Waals surface area contributed by atoms with Crippen LogP contribution >= 0.6 is 23.2 Å². The standard InChI is InChI=1S/C19H15Cl2N5O3S/c1-26-18-14(16(25-26)11-3-2-4-12(20)9-11)17(23-19(21)24-18)15(22)10-5-7-13(8-6-10)30(27,28)29/h2-9,15H,22H2,1H3,(H,27,28,29). The summed E-state index contributed by atoms with van der Waals surface area (Å²) in [4.78, 5) is 8.40. The highest BCUT2D eigenvalue weighted by Crippen LogP contribution is 2.34. The van der Waals surface area contributed by atoms with Crippen LogP contribution in [0, 0.1) is 0 Å². The second-order valence-electron chi connectivity index (χ2n) is 6.58. The minimum absolute atomic E-state index is 0.00292. The van der Waals surface area contributed by atoms with Crippen LogP contribution in [0.1, 0.15) is 17.3 Å². The third-order valence-corrected chi connectivity index (χ3v) is 5.89. The predicted molar refractivity (Wildman–Crippen MR) is 114 cm³/mol. The van der Waals surface area contributed by atoms with E-state index in [0.717, 1.165) is 5.56 Å². The van der Waals surface area contributed by atoms with Crippen LogP contribution in [0.15, 0.2) is 53.4 Å². The van der Waals surface area contributed by atoms with E-state index in [1.807, 2.05) is 12.1 Å². The molecule has 0 radical (unpaired) electrons. The molecule has 3 N–H and O–H groups in total. The molecule has 4 aromatic rings. The number of nitrogens with zero attached hydrogens (tertiary/aromatic N) is 4. The largest absolute Gasteiger partial charge is 0.319 e. The van der Waals surface area contributed by atoms with E-state index < -0.39 is 16.2 Å². The van der Waals surface area contributed by atoms with Crippen molar-refractivity contribution in [1.82, 2.24) is 19.7 Å². The highest BCUT2D eigenvalue weighted by Gasteiger charge is 2.23. The fourth-order valence-electron chi connectivity index (χ4n) is 3.21. The zero-order valence-corrected chi connectivity index (χ0v) is 17.8. The maximum absolute atomic E-state index is 11.3. The number of hydrogen-bond acceptors (Lipinski definition) is 6. The van der Waals surface area contributed by atoms with E-state index in [-0.39, 0.29) is 10.2 Å². The van der Waals surface area contributed by atoms with Crippen molar-refractivity contribution >= 4 is 44.4 Å². The molecule has 0 aliphatic rings. The maximum Gasteiger partial charge on any atom is 0.294 e. The number of hydrogen-bond donors (Lipinski definition) is 2. The fraction of sp³-hybridized carbons (Fsp3) is 0.105. The van der Waals surface area contributed by atoms with Gasteiger partial charge in [-0.1, -0.05) is 35.9 Å². The fourth-order valence-corrected chi connectivity index (χ4v) is 4.06. The van der Waals surface area contributed by atoms with Gasteiger partial charge in [0.2, 0.25) is 5.28 Å². The molecule has 0 saturated heterocycles. The molecule has 1 atom stereocenters. The number of halogens is 2. The van der Waals surface area contributed by atoms with Crippen molar-refractivity contribution in [1.29, 1.82) is 0 Å². The molecular formula is C19H15Cl2N5O3S. The molecule has 30 heavy (non-hydrogen) atoms. The topological polar surface area (TPSA) is 124 Å². The minimum Gasteiger partial charge on any atom is -0.319 e. The molecule has 0 saturated carbocycles. The average molecular weight is 464 g/mol. The van der Waals surface area contributed by atoms with Crippen LogP contribution in [0.4, 0.5) is 0 Å². The Labute approximate surface area is 182 Å². The van der Waals surface area contributed by atoms with Crippen LogP contribution in [0.5, 0.6) is 0 Å². The normalized spacial score (nSPS) is 13.0. The number of rotatable bonds is 4. The smallest absolute Gasteiger partial charge is 0.294 e. The first-order valence-corrected chi connectivity index (χ1v) is 10.8. The third kappa shape index (κ3) is 3.78. The summed E-state index contributed by atoms with van der Waals surface area (Å²) in [6.45, 7) is 0. The van der Waals surface area contributed by atoms with Crippen molar-refractivity contribution in [3.05, 3.63) is 70.1 Å². The SMILES string of the molecule is Cn1nc(-c2cccc(Cl)c2)c2c(C(N)c3ccc(S(=O)(=O)O)cc3)nc(Cl)nc21. The van der Waals surface area contributed by atoms with Crippen LogP contribution < -0.4 is 5.73 Å². The first-order chi connectivity index (χ1) is 14.1. The Hall–Kier alpha value is -2.56. The highest BCUT2D eigenvalue weighted by molar-refractivity contribution is 7.85. The van der Waals surface area contributed by atoms with Crippen molar-refractivity contribution < 1.29 is 13.0 Å². The lowest BCUT2D eigenvalue weighted by Crippen LogP contribution is -2.15. The molecule has 2 aromatic heterocycles. The van der Waals surface area contributed by atoms with Crippen LogP contribution in [0.25, 0.3) is 22.3 Å². The van der Waals surface area contributed by atoms with Crippen molar-refractivity contribution in [3.8, 4) is 11.3 Å². The second-order valence-corrected chi connectivity index (χ2v) is 8.78. The summed E-state index contributed by atoms with van der Waals surface area (Å²) in [7, 11) is -2.58. The molecule has 0 aliphatic carbocycles. The second kappa shape index (κ2) is 7.60. The van der Waals surface area contributed by atoms with E-state index in [1.165, 1.54) is 24.3 Å². The lowest BCUT2D eigenvalue weighted by Gasteiger charge is -2.14. The van der Waals surface area contributed by atoms with E-state index in [2.05, 4.69) is 15.1 Å². The molecule has 0 bridgehead atoms. The first-order valence-electron chi connectivity index (χ1n) is 8.64. The molecule has 2 aromatic carbocycles. The van der Waals surface area contributed by atoms with Gasteiger partial charge in [0, 0.05) is 17.6 Å². The Bertz CT molecular complexity index is 1370. The van der Waals surface area contributed by atoms with E-state index in [1.54, 1.807) is 23.9 Å². The van der Waals surface area contributed by atoms with E-state index in [4.69, 9.17) is 28.9 Å². The monoisotopic (exact) mass is 463 g/mol. The number of aromatic nitrogens is 4. The molecular weight excluding hydrogens is 449 g/mol. The first kappa shape index (κ1) is 20.7. The Balaban J connectivity index is 1.92. The van der Waals surface area contributed by atoms with Gasteiger partial charge in [-0.05, 0) is 41.4 Å². The van der Waals surface area contributed by atoms with Gasteiger partial charge in [0.25, 0.3) is 10.1 Å². The zero-order chi connectivity index (χ0) is 21.6. The molecule has 1 unspecified atom stereocenters. The molecule has 154 valence electrons. The van der Waals surface area contributed by atoms with Gasteiger partial charge in [0.05, 0.1) is 22.0 Å². The zero-order valence-electron chi connectivity index (χ0n) is 15.5. The van der Waals surface area contributed by atoms with Gasteiger partial charge < -0.3 is 5.73 Å². The van der Waals surface area contributed by atoms with Gasteiger partial charge >= 0.3 is 0 Å². The minimum atomic E-state index is -4.31. The number of aryl methyl sites for hydroxylation is 1. The summed E-state index contributed by atoms with van der Waals surface area (Å²) in [5.41, 5.74) is 9.30. The number of fused-ring (bicyclic) bond motifs is 1. The van der Waals surface area contributed by atoms with Crippen LogP contribution in [-0.4, -0.2) is 32.7 Å². The highest BCUT2D eigenvalue weighted by atomic mass is 35.5. The van der Waals surface area contributed by atoms with E-state index >= 15 is 0 Å². The summed E-state index contributed by atoms with van der Waals surface area (Å²) in [5, 5.41) is 5.71. The molecule has 0 aliphatic heterocycles. The van der Waals surface area contributed by atoms with Crippen molar-refractivity contribution in [3.63, 3.8) is 0 Å². The van der Waals surface area contributed by atoms with Gasteiger partial charge in [0.1, 0.15) is 5.69 Å². The molecule has 8 nitrogen and oxygen atoms in total. The Morgan fingerprint density at radius 2 is 1.80 bits per heavy atom. The van der Waals surface area contributed by atoms with Gasteiger partial charge in [-0.25, -0.2) is 9.67 Å². The quantitative estimate of drug-likeness (QED) is 0.349. The van der Waals surface area contributed by atoms with Gasteiger partial charge in [-0.2, -0.15) is 18.5 Å². The van der Waals surface area contributed by atoms with Gasteiger partial charge in [-0.3, -0.25) is 4.55 Å². The number of nitrogens with two attached hydrogens (primary N) is 1. The lowest BCUT2D eigenvalue weighted by molar-refractivity contribution is 0.483. The van der Waals surface area contributed by atoms with Crippen molar-refractivity contribution in [2.24, 2.45) is 12.8 Å². The molecule has 0 fully saturated rings. The van der Waals surface area contributed by atoms with Crippen LogP contribution in [0.3, 0.4) is 0 Å². The summed E-state index contributed by atoms with van der Waals surface area (Å²) in [6, 6.07) is 12.0. The summed E-state index contributed by atoms with van der Waals surface area (Å²) < 4.78 is 33.4. The van der Waals surface area contributed by atoms with Crippen molar-refractivity contribution in [2.75, 3.05) is 0 Å².